The van der Waals surface area contributed by atoms with Crippen molar-refractivity contribution >= 4 is 17.9 Å². The highest BCUT2D eigenvalue weighted by atomic mass is 16.5. The minimum absolute atomic E-state index is 0.332. The summed E-state index contributed by atoms with van der Waals surface area (Å²) < 4.78 is 15.5. The zero-order chi connectivity index (χ0) is 24.8. The fourth-order valence-electron chi connectivity index (χ4n) is 2.97. The second-order valence-corrected chi connectivity index (χ2v) is 8.22. The molecule has 0 radical (unpaired) electrons. The largest absolute Gasteiger partial charge is 0.462 e. The molecule has 0 amide bonds. The Morgan fingerprint density at radius 2 is 0.818 bits per heavy atom. The van der Waals surface area contributed by atoms with Gasteiger partial charge in [-0.3, -0.25) is 0 Å². The predicted molar refractivity (Wildman–Crippen MR) is 129 cm³/mol. The molecule has 0 saturated heterocycles. The number of rotatable bonds is 15. The first-order chi connectivity index (χ1) is 15.6. The van der Waals surface area contributed by atoms with Crippen molar-refractivity contribution in [3.63, 3.8) is 0 Å². The summed E-state index contributed by atoms with van der Waals surface area (Å²) in [5, 5.41) is 0. The van der Waals surface area contributed by atoms with Gasteiger partial charge < -0.3 is 14.2 Å². The molecular weight excluding hydrogens is 420 g/mol. The molecule has 6 heteroatoms. The van der Waals surface area contributed by atoms with Crippen LogP contribution >= 0.6 is 0 Å². The summed E-state index contributed by atoms with van der Waals surface area (Å²) in [6.45, 7) is 16.6. The first-order valence-corrected chi connectivity index (χ1v) is 11.2. The standard InChI is InChI=1S/C27H36O6/c1-19(2)25(28)31-13-7-10-22-16-23(11-8-14-32-26(29)20(3)4)18-24(17-22)12-9-15-33-27(30)21(5)6/h16-18H,1,3,5,7-15H2,2,4,6H3. The lowest BCUT2D eigenvalue weighted by Gasteiger charge is -2.11. The fourth-order valence-corrected chi connectivity index (χ4v) is 2.97. The summed E-state index contributed by atoms with van der Waals surface area (Å²) >= 11 is 0. The number of ether oxygens (including phenoxy) is 3. The summed E-state index contributed by atoms with van der Waals surface area (Å²) in [7, 11) is 0. The number of esters is 3. The molecule has 1 aromatic rings. The summed E-state index contributed by atoms with van der Waals surface area (Å²) in [6, 6.07) is 6.39. The Labute approximate surface area is 197 Å². The maximum absolute atomic E-state index is 11.5. The number of hydrogen-bond acceptors (Lipinski definition) is 6. The van der Waals surface area contributed by atoms with Crippen LogP contribution < -0.4 is 0 Å². The van der Waals surface area contributed by atoms with Crippen LogP contribution in [0.2, 0.25) is 0 Å². The van der Waals surface area contributed by atoms with Crippen molar-refractivity contribution in [2.24, 2.45) is 0 Å². The monoisotopic (exact) mass is 456 g/mol. The van der Waals surface area contributed by atoms with Crippen molar-refractivity contribution in [2.45, 2.75) is 59.3 Å². The van der Waals surface area contributed by atoms with Crippen molar-refractivity contribution in [2.75, 3.05) is 19.8 Å². The Morgan fingerprint density at radius 1 is 0.576 bits per heavy atom. The van der Waals surface area contributed by atoms with Crippen LogP contribution in [0.25, 0.3) is 0 Å². The van der Waals surface area contributed by atoms with Crippen molar-refractivity contribution in [1.82, 2.24) is 0 Å². The lowest BCUT2D eigenvalue weighted by Crippen LogP contribution is -2.08. The van der Waals surface area contributed by atoms with E-state index < -0.39 is 0 Å². The van der Waals surface area contributed by atoms with Crippen LogP contribution in [0, 0.1) is 0 Å². The predicted octanol–water partition coefficient (Wildman–Crippen LogP) is 4.84. The molecule has 0 saturated carbocycles. The molecule has 0 spiro atoms. The second kappa shape index (κ2) is 14.8. The average molecular weight is 457 g/mol. The van der Waals surface area contributed by atoms with Crippen LogP contribution in [0.3, 0.4) is 0 Å². The van der Waals surface area contributed by atoms with Crippen LogP contribution in [-0.2, 0) is 47.9 Å². The van der Waals surface area contributed by atoms with Crippen molar-refractivity contribution in [1.29, 1.82) is 0 Å². The third kappa shape index (κ3) is 11.9. The molecule has 180 valence electrons. The molecular formula is C27H36O6. The Morgan fingerprint density at radius 3 is 1.03 bits per heavy atom. The fraction of sp³-hybridized carbons (Fsp3) is 0.444. The van der Waals surface area contributed by atoms with E-state index in [1.165, 1.54) is 0 Å². The van der Waals surface area contributed by atoms with Gasteiger partial charge in [-0.25, -0.2) is 14.4 Å². The number of aryl methyl sites for hydroxylation is 3. The Bertz CT molecular complexity index is 754. The number of carbonyl (C=O) groups excluding carboxylic acids is 3. The minimum atomic E-state index is -0.377. The molecule has 0 unspecified atom stereocenters. The van der Waals surface area contributed by atoms with Gasteiger partial charge in [0.05, 0.1) is 19.8 Å². The average Bonchev–Trinajstić information content (AvgIpc) is 2.76. The van der Waals surface area contributed by atoms with Crippen LogP contribution in [-0.4, -0.2) is 37.7 Å². The topological polar surface area (TPSA) is 78.9 Å². The van der Waals surface area contributed by atoms with Gasteiger partial charge in [-0.15, -0.1) is 0 Å². The molecule has 6 nitrogen and oxygen atoms in total. The first kappa shape index (κ1) is 27.9. The van der Waals surface area contributed by atoms with Crippen molar-refractivity contribution < 1.29 is 28.6 Å². The normalized spacial score (nSPS) is 10.3. The first-order valence-electron chi connectivity index (χ1n) is 11.2. The maximum atomic E-state index is 11.5. The highest BCUT2D eigenvalue weighted by Crippen LogP contribution is 2.16. The molecule has 0 aliphatic heterocycles. The third-order valence-corrected chi connectivity index (χ3v) is 4.69. The Kier molecular flexibility index (Phi) is 12.5. The van der Waals surface area contributed by atoms with Crippen LogP contribution in [0.15, 0.2) is 54.7 Å². The molecule has 1 aromatic carbocycles. The minimum Gasteiger partial charge on any atom is -0.462 e. The van der Waals surface area contributed by atoms with E-state index in [2.05, 4.69) is 37.9 Å². The highest BCUT2D eigenvalue weighted by molar-refractivity contribution is 5.87. The maximum Gasteiger partial charge on any atom is 0.333 e. The molecule has 0 aliphatic carbocycles. The van der Waals surface area contributed by atoms with Crippen LogP contribution in [0.5, 0.6) is 0 Å². The van der Waals surface area contributed by atoms with E-state index >= 15 is 0 Å². The van der Waals surface area contributed by atoms with E-state index in [1.807, 2.05) is 0 Å². The smallest absolute Gasteiger partial charge is 0.333 e. The molecule has 1 rings (SSSR count). The molecule has 0 heterocycles. The van der Waals surface area contributed by atoms with E-state index in [0.29, 0.717) is 55.8 Å². The van der Waals surface area contributed by atoms with Gasteiger partial charge in [0, 0.05) is 16.7 Å². The van der Waals surface area contributed by atoms with Crippen molar-refractivity contribution in [3.8, 4) is 0 Å². The van der Waals surface area contributed by atoms with E-state index in [0.717, 1.165) is 36.0 Å². The van der Waals surface area contributed by atoms with Gasteiger partial charge in [0.15, 0.2) is 0 Å². The quantitative estimate of drug-likeness (QED) is 0.163. The zero-order valence-corrected chi connectivity index (χ0v) is 20.2. The summed E-state index contributed by atoms with van der Waals surface area (Å²) in [5.74, 6) is -1.13. The summed E-state index contributed by atoms with van der Waals surface area (Å²) in [6.07, 6.45) is 4.40. The summed E-state index contributed by atoms with van der Waals surface area (Å²) in [5.41, 5.74) is 4.60. The Balaban J connectivity index is 2.69. The zero-order valence-electron chi connectivity index (χ0n) is 20.2. The number of hydrogen-bond donors (Lipinski definition) is 0. The van der Waals surface area contributed by atoms with E-state index in [9.17, 15) is 14.4 Å². The van der Waals surface area contributed by atoms with E-state index in [1.54, 1.807) is 20.8 Å². The summed E-state index contributed by atoms with van der Waals surface area (Å²) in [4.78, 5) is 34.6. The van der Waals surface area contributed by atoms with E-state index in [-0.39, 0.29) is 17.9 Å². The van der Waals surface area contributed by atoms with Gasteiger partial charge in [0.25, 0.3) is 0 Å². The number of carbonyl (C=O) groups is 3. The van der Waals surface area contributed by atoms with Gasteiger partial charge in [-0.2, -0.15) is 0 Å². The molecule has 0 aliphatic rings. The molecule has 0 fully saturated rings. The van der Waals surface area contributed by atoms with Crippen molar-refractivity contribution in [3.05, 3.63) is 71.3 Å². The Hall–Kier alpha value is -3.15. The van der Waals surface area contributed by atoms with Gasteiger partial charge in [0.1, 0.15) is 0 Å². The lowest BCUT2D eigenvalue weighted by atomic mass is 9.97. The lowest BCUT2D eigenvalue weighted by molar-refractivity contribution is -0.139. The molecule has 33 heavy (non-hydrogen) atoms. The van der Waals surface area contributed by atoms with Gasteiger partial charge in [0.2, 0.25) is 0 Å². The molecule has 0 bridgehead atoms. The van der Waals surface area contributed by atoms with Crippen LogP contribution in [0.1, 0.15) is 56.7 Å². The second-order valence-electron chi connectivity index (χ2n) is 8.22. The van der Waals surface area contributed by atoms with Gasteiger partial charge in [-0.1, -0.05) is 37.9 Å². The molecule has 0 aromatic heterocycles. The van der Waals surface area contributed by atoms with Crippen LogP contribution in [0.4, 0.5) is 0 Å². The SMILES string of the molecule is C=C(C)C(=O)OCCCc1cc(CCCOC(=O)C(=C)C)cc(CCCOC(=O)C(=C)C)c1. The van der Waals surface area contributed by atoms with Gasteiger partial charge in [-0.05, 0) is 76.0 Å². The molecule has 0 N–H and O–H groups in total. The van der Waals surface area contributed by atoms with Gasteiger partial charge >= 0.3 is 17.9 Å². The van der Waals surface area contributed by atoms with E-state index in [4.69, 9.17) is 14.2 Å². The molecule has 0 atom stereocenters. The third-order valence-electron chi connectivity index (χ3n) is 4.69. The highest BCUT2D eigenvalue weighted by Gasteiger charge is 2.08. The number of benzene rings is 1.